The lowest BCUT2D eigenvalue weighted by atomic mass is 9.69. The Bertz CT molecular complexity index is 915. The second-order valence-electron chi connectivity index (χ2n) is 8.87. The zero-order valence-electron chi connectivity index (χ0n) is 19.8. The molecule has 3 rings (SSSR count). The van der Waals surface area contributed by atoms with Crippen LogP contribution in [0.5, 0.6) is 0 Å². The van der Waals surface area contributed by atoms with Crippen molar-refractivity contribution in [2.45, 2.75) is 58.4 Å². The summed E-state index contributed by atoms with van der Waals surface area (Å²) in [4.78, 5) is 27.2. The number of amides is 1. The van der Waals surface area contributed by atoms with E-state index in [9.17, 15) is 14.6 Å². The van der Waals surface area contributed by atoms with E-state index in [1.165, 1.54) is 0 Å². The number of carbonyl (C=O) groups excluding carboxylic acids is 2. The van der Waals surface area contributed by atoms with Crippen molar-refractivity contribution >= 4 is 19.0 Å². The number of carbonyl (C=O) groups is 2. The number of likely N-dealkylation sites (N-methyl/N-ethyl adjacent to an activating group) is 1. The van der Waals surface area contributed by atoms with Gasteiger partial charge in [0.1, 0.15) is 5.76 Å². The van der Waals surface area contributed by atoms with E-state index in [1.807, 2.05) is 38.9 Å². The molecule has 1 aliphatic carbocycles. The summed E-state index contributed by atoms with van der Waals surface area (Å²) in [6.45, 7) is 5.68. The van der Waals surface area contributed by atoms with Crippen LogP contribution in [0.4, 0.5) is 0 Å². The maximum atomic E-state index is 12.7. The van der Waals surface area contributed by atoms with Gasteiger partial charge in [-0.1, -0.05) is 26.3 Å². The molecule has 0 spiro atoms. The monoisotopic (exact) mass is 460 g/mol. The van der Waals surface area contributed by atoms with E-state index in [0.29, 0.717) is 43.1 Å². The van der Waals surface area contributed by atoms with E-state index >= 15 is 0 Å². The fraction of sp³-hybridized carbons (Fsp3) is 0.667. The van der Waals surface area contributed by atoms with E-state index < -0.39 is 19.0 Å². The van der Waals surface area contributed by atoms with Gasteiger partial charge >= 0.3 is 13.1 Å². The molecule has 2 heterocycles. The molecule has 2 N–H and O–H groups in total. The summed E-state index contributed by atoms with van der Waals surface area (Å²) in [6.07, 6.45) is 4.60. The maximum Gasteiger partial charge on any atom is 0.547 e. The molecule has 11 nitrogen and oxygen atoms in total. The summed E-state index contributed by atoms with van der Waals surface area (Å²) in [5.41, 5.74) is 1.24. The quantitative estimate of drug-likeness (QED) is 0.287. The molecule has 0 aromatic carbocycles. The highest BCUT2D eigenvalue weighted by molar-refractivity contribution is 6.46. The number of nitrogens with one attached hydrogen (secondary N) is 1. The Kier molecular flexibility index (Phi) is 8.62. The van der Waals surface area contributed by atoms with Crippen molar-refractivity contribution in [1.82, 2.24) is 30.4 Å². The van der Waals surface area contributed by atoms with Crippen LogP contribution in [0.3, 0.4) is 0 Å². The summed E-state index contributed by atoms with van der Waals surface area (Å²) < 4.78 is 12.7. The molecule has 0 fully saturated rings. The lowest BCUT2D eigenvalue weighted by Gasteiger charge is -2.34. The van der Waals surface area contributed by atoms with Crippen LogP contribution < -0.4 is 5.32 Å². The first-order valence-electron chi connectivity index (χ1n) is 11.4. The SMILES string of the molecule is CCCCOC(=O)C1=CC(C)CC2=C1OB(O)[C@@H](NC(=O)Cc1nnnn1CCN(C)C)C2. The van der Waals surface area contributed by atoms with Crippen LogP contribution in [-0.2, 0) is 31.9 Å². The van der Waals surface area contributed by atoms with Crippen molar-refractivity contribution in [3.63, 3.8) is 0 Å². The summed E-state index contributed by atoms with van der Waals surface area (Å²) in [5, 5.41) is 24.9. The highest BCUT2D eigenvalue weighted by Gasteiger charge is 2.41. The summed E-state index contributed by atoms with van der Waals surface area (Å²) in [5.74, 6) is -0.445. The molecule has 1 aliphatic heterocycles. The molecule has 0 saturated heterocycles. The number of allylic oxidation sites excluding steroid dienone is 1. The van der Waals surface area contributed by atoms with Crippen molar-refractivity contribution in [2.75, 3.05) is 27.2 Å². The molecule has 0 bridgehead atoms. The minimum Gasteiger partial charge on any atom is -0.534 e. The largest absolute Gasteiger partial charge is 0.547 e. The maximum absolute atomic E-state index is 12.7. The van der Waals surface area contributed by atoms with Gasteiger partial charge in [0.05, 0.1) is 31.1 Å². The van der Waals surface area contributed by atoms with E-state index in [-0.39, 0.29) is 18.2 Å². The fourth-order valence-electron chi connectivity index (χ4n) is 3.87. The topological polar surface area (TPSA) is 132 Å². The normalized spacial score (nSPS) is 20.3. The summed E-state index contributed by atoms with van der Waals surface area (Å²) in [6, 6.07) is 0. The van der Waals surface area contributed by atoms with Gasteiger partial charge in [-0.05, 0) is 55.3 Å². The molecule has 33 heavy (non-hydrogen) atoms. The van der Waals surface area contributed by atoms with E-state index in [4.69, 9.17) is 9.39 Å². The fourth-order valence-corrected chi connectivity index (χ4v) is 3.87. The van der Waals surface area contributed by atoms with Crippen LogP contribution in [0, 0.1) is 5.92 Å². The van der Waals surface area contributed by atoms with Gasteiger partial charge in [0, 0.05) is 6.54 Å². The molecular formula is C21H33BN6O5. The van der Waals surface area contributed by atoms with Crippen LogP contribution in [-0.4, -0.2) is 82.3 Å². The number of ether oxygens (including phenoxy) is 1. The van der Waals surface area contributed by atoms with Crippen molar-refractivity contribution < 1.29 is 24.0 Å². The first-order valence-corrected chi connectivity index (χ1v) is 11.4. The predicted molar refractivity (Wildman–Crippen MR) is 120 cm³/mol. The number of aromatic nitrogens is 4. The van der Waals surface area contributed by atoms with Crippen LogP contribution in [0.1, 0.15) is 45.4 Å². The third-order valence-electron chi connectivity index (χ3n) is 5.62. The smallest absolute Gasteiger partial charge is 0.534 e. The molecule has 1 aromatic rings. The van der Waals surface area contributed by atoms with Crippen molar-refractivity contribution in [1.29, 1.82) is 0 Å². The van der Waals surface area contributed by atoms with Gasteiger partial charge in [-0.25, -0.2) is 9.48 Å². The average molecular weight is 460 g/mol. The van der Waals surface area contributed by atoms with Gasteiger partial charge < -0.3 is 24.6 Å². The molecule has 1 amide bonds. The number of hydrogen-bond donors (Lipinski definition) is 2. The van der Waals surface area contributed by atoms with Gasteiger partial charge in [0.25, 0.3) is 0 Å². The molecule has 0 radical (unpaired) electrons. The first-order chi connectivity index (χ1) is 15.8. The number of unbranched alkanes of at least 4 members (excludes halogenated alkanes) is 1. The second-order valence-corrected chi connectivity index (χ2v) is 8.87. The Morgan fingerprint density at radius 1 is 1.39 bits per heavy atom. The second kappa shape index (κ2) is 11.4. The van der Waals surface area contributed by atoms with Gasteiger partial charge in [0.15, 0.2) is 5.82 Å². The van der Waals surface area contributed by atoms with Gasteiger partial charge in [-0.15, -0.1) is 5.10 Å². The Balaban J connectivity index is 1.63. The average Bonchev–Trinajstić information content (AvgIpc) is 3.19. The number of tetrazole rings is 1. The molecule has 1 unspecified atom stereocenters. The summed E-state index contributed by atoms with van der Waals surface area (Å²) in [7, 11) is 2.61. The van der Waals surface area contributed by atoms with Crippen LogP contribution in [0.25, 0.3) is 0 Å². The zero-order valence-corrected chi connectivity index (χ0v) is 19.8. The van der Waals surface area contributed by atoms with Crippen LogP contribution >= 0.6 is 0 Å². The van der Waals surface area contributed by atoms with E-state index in [0.717, 1.165) is 25.0 Å². The van der Waals surface area contributed by atoms with Crippen molar-refractivity contribution in [3.05, 3.63) is 28.8 Å². The molecule has 0 saturated carbocycles. The Morgan fingerprint density at radius 2 is 2.18 bits per heavy atom. The Labute approximate surface area is 194 Å². The minimum absolute atomic E-state index is 0.0130. The van der Waals surface area contributed by atoms with Gasteiger partial charge in [-0.2, -0.15) is 0 Å². The lowest BCUT2D eigenvalue weighted by Crippen LogP contribution is -2.51. The van der Waals surface area contributed by atoms with E-state index in [2.05, 4.69) is 20.8 Å². The highest BCUT2D eigenvalue weighted by Crippen LogP contribution is 2.36. The molecular weight excluding hydrogens is 427 g/mol. The Morgan fingerprint density at radius 3 is 2.91 bits per heavy atom. The highest BCUT2D eigenvalue weighted by atomic mass is 16.5. The zero-order chi connectivity index (χ0) is 24.0. The molecule has 2 aliphatic rings. The molecule has 2 atom stereocenters. The van der Waals surface area contributed by atoms with Gasteiger partial charge in [0.2, 0.25) is 5.91 Å². The van der Waals surface area contributed by atoms with Crippen molar-refractivity contribution in [2.24, 2.45) is 5.92 Å². The number of esters is 1. The summed E-state index contributed by atoms with van der Waals surface area (Å²) >= 11 is 0. The molecule has 1 aromatic heterocycles. The van der Waals surface area contributed by atoms with Crippen molar-refractivity contribution in [3.8, 4) is 0 Å². The van der Waals surface area contributed by atoms with Crippen LogP contribution in [0.15, 0.2) is 23.0 Å². The van der Waals surface area contributed by atoms with E-state index in [1.54, 1.807) is 4.68 Å². The minimum atomic E-state index is -1.28. The standard InChI is InChI=1S/C21H33BN6O5/c1-5-6-9-32-21(30)16-11-14(2)10-15-12-17(22(31)33-20(15)16)23-19(29)13-18-24-25-26-28(18)8-7-27(3)4/h11,14,17,31H,5-10,12-13H2,1-4H3,(H,23,29)/t14?,17-/m0/s1. The first kappa shape index (κ1) is 24.9. The molecule has 12 heteroatoms. The van der Waals surface area contributed by atoms with Crippen LogP contribution in [0.2, 0.25) is 0 Å². The number of nitrogens with zero attached hydrogens (tertiary/aromatic N) is 5. The third-order valence-corrected chi connectivity index (χ3v) is 5.62. The van der Waals surface area contributed by atoms with Gasteiger partial charge in [-0.3, -0.25) is 4.79 Å². The lowest BCUT2D eigenvalue weighted by molar-refractivity contribution is -0.139. The number of hydrogen-bond acceptors (Lipinski definition) is 9. The predicted octanol–water partition coefficient (Wildman–Crippen LogP) is 0.266. The third kappa shape index (κ3) is 6.64. The Hall–Kier alpha value is -2.73. The number of rotatable bonds is 10. The molecule has 180 valence electrons.